The van der Waals surface area contributed by atoms with Crippen molar-refractivity contribution in [3.05, 3.63) is 40.5 Å². The van der Waals surface area contributed by atoms with Gasteiger partial charge in [0.2, 0.25) is 0 Å². The molecule has 6 nitrogen and oxygen atoms in total. The third-order valence-electron chi connectivity index (χ3n) is 3.05. The van der Waals surface area contributed by atoms with Gasteiger partial charge in [-0.15, -0.1) is 11.3 Å². The van der Waals surface area contributed by atoms with Gasteiger partial charge in [-0.2, -0.15) is 0 Å². The summed E-state index contributed by atoms with van der Waals surface area (Å²) < 4.78 is 0. The molecule has 0 aliphatic rings. The van der Waals surface area contributed by atoms with Crippen LogP contribution >= 0.6 is 11.3 Å². The number of aromatic nitrogens is 2. The highest BCUT2D eigenvalue weighted by Crippen LogP contribution is 2.06. The van der Waals surface area contributed by atoms with E-state index in [9.17, 15) is 4.79 Å². The molecule has 0 saturated heterocycles. The summed E-state index contributed by atoms with van der Waals surface area (Å²) in [6.07, 6.45) is 4.42. The first-order valence-corrected chi connectivity index (χ1v) is 8.07. The van der Waals surface area contributed by atoms with E-state index in [1.165, 1.54) is 0 Å². The maximum atomic E-state index is 11.9. The van der Waals surface area contributed by atoms with Gasteiger partial charge in [0.1, 0.15) is 10.8 Å². The van der Waals surface area contributed by atoms with Crippen LogP contribution in [0.25, 0.3) is 0 Å². The molecule has 0 unspecified atom stereocenters. The summed E-state index contributed by atoms with van der Waals surface area (Å²) in [6.45, 7) is 3.94. The number of aryl methyl sites for hydroxylation is 1. The molecule has 0 bridgehead atoms. The zero-order chi connectivity index (χ0) is 15.8. The Kier molecular flexibility index (Phi) is 6.14. The fourth-order valence-corrected chi connectivity index (χ4v) is 2.48. The normalized spacial score (nSPS) is 10.3. The summed E-state index contributed by atoms with van der Waals surface area (Å²) >= 11 is 1.55. The van der Waals surface area contributed by atoms with Crippen LogP contribution in [-0.4, -0.2) is 41.0 Å². The van der Waals surface area contributed by atoms with Crippen LogP contribution in [-0.2, 0) is 6.54 Å². The van der Waals surface area contributed by atoms with Crippen molar-refractivity contribution in [2.24, 2.45) is 0 Å². The fraction of sp³-hybridized carbons (Fsp3) is 0.400. The Labute approximate surface area is 134 Å². The maximum absolute atomic E-state index is 11.9. The Balaban J connectivity index is 1.59. The van der Waals surface area contributed by atoms with Crippen molar-refractivity contribution in [2.75, 3.05) is 25.5 Å². The maximum Gasteiger partial charge on any atom is 0.317 e. The van der Waals surface area contributed by atoms with E-state index < -0.39 is 0 Å². The molecule has 2 aromatic rings. The highest BCUT2D eigenvalue weighted by Gasteiger charge is 2.09. The quantitative estimate of drug-likeness (QED) is 0.769. The Bertz CT molecular complexity index is 570. The lowest BCUT2D eigenvalue weighted by atomic mass is 10.3. The van der Waals surface area contributed by atoms with Crippen molar-refractivity contribution in [2.45, 2.75) is 19.9 Å². The van der Waals surface area contributed by atoms with Crippen LogP contribution in [0, 0.1) is 6.92 Å². The molecule has 7 heteroatoms. The number of pyridine rings is 1. The Morgan fingerprint density at radius 3 is 2.86 bits per heavy atom. The summed E-state index contributed by atoms with van der Waals surface area (Å²) in [7, 11) is 1.77. The molecule has 0 aliphatic carbocycles. The molecule has 0 saturated carbocycles. The second-order valence-electron chi connectivity index (χ2n) is 5.01. The van der Waals surface area contributed by atoms with Gasteiger partial charge >= 0.3 is 6.03 Å². The number of anilines is 1. The molecule has 0 atom stereocenters. The Hall–Kier alpha value is -2.15. The number of amides is 2. The minimum absolute atomic E-state index is 0.0799. The number of hydrogen-bond acceptors (Lipinski definition) is 5. The second kappa shape index (κ2) is 8.33. The summed E-state index contributed by atoms with van der Waals surface area (Å²) in [6, 6.07) is 3.89. The van der Waals surface area contributed by atoms with Crippen LogP contribution in [0.5, 0.6) is 0 Å². The number of urea groups is 1. The van der Waals surface area contributed by atoms with Crippen LogP contribution in [0.4, 0.5) is 10.6 Å². The molecule has 118 valence electrons. The van der Waals surface area contributed by atoms with Crippen molar-refractivity contribution in [1.29, 1.82) is 0 Å². The molecule has 2 rings (SSSR count). The van der Waals surface area contributed by atoms with Crippen LogP contribution in [0.1, 0.15) is 17.0 Å². The number of carbonyl (C=O) groups excluding carboxylic acids is 1. The number of nitrogens with one attached hydrogen (secondary N) is 2. The van der Waals surface area contributed by atoms with Crippen LogP contribution in [0.3, 0.4) is 0 Å². The van der Waals surface area contributed by atoms with E-state index in [2.05, 4.69) is 20.6 Å². The highest BCUT2D eigenvalue weighted by molar-refractivity contribution is 7.09. The molecular formula is C15H21N5OS. The lowest BCUT2D eigenvalue weighted by molar-refractivity contribution is 0.207. The summed E-state index contributed by atoms with van der Waals surface area (Å²) in [5.74, 6) is 0.859. The average molecular weight is 319 g/mol. The molecule has 2 amide bonds. The van der Waals surface area contributed by atoms with Gasteiger partial charge in [-0.05, 0) is 25.0 Å². The predicted molar refractivity (Wildman–Crippen MR) is 89.1 cm³/mol. The van der Waals surface area contributed by atoms with Crippen molar-refractivity contribution in [3.63, 3.8) is 0 Å². The zero-order valence-corrected chi connectivity index (χ0v) is 13.7. The number of carbonyl (C=O) groups is 1. The average Bonchev–Trinajstić information content (AvgIpc) is 3.01. The van der Waals surface area contributed by atoms with E-state index in [4.69, 9.17) is 0 Å². The van der Waals surface area contributed by atoms with Crippen LogP contribution < -0.4 is 10.6 Å². The van der Waals surface area contributed by atoms with E-state index in [0.717, 1.165) is 29.4 Å². The molecule has 0 aromatic carbocycles. The van der Waals surface area contributed by atoms with Crippen molar-refractivity contribution >= 4 is 23.2 Å². The van der Waals surface area contributed by atoms with Gasteiger partial charge in [0.25, 0.3) is 0 Å². The van der Waals surface area contributed by atoms with Gasteiger partial charge in [-0.25, -0.2) is 14.8 Å². The van der Waals surface area contributed by atoms with E-state index in [1.54, 1.807) is 29.5 Å². The largest absolute Gasteiger partial charge is 0.370 e. The smallest absolute Gasteiger partial charge is 0.317 e. The van der Waals surface area contributed by atoms with Gasteiger partial charge in [-0.1, -0.05) is 6.07 Å². The van der Waals surface area contributed by atoms with Crippen molar-refractivity contribution in [3.8, 4) is 0 Å². The number of hydrogen-bond donors (Lipinski definition) is 2. The Morgan fingerprint density at radius 2 is 2.18 bits per heavy atom. The zero-order valence-electron chi connectivity index (χ0n) is 12.9. The topological polar surface area (TPSA) is 70.2 Å². The minimum Gasteiger partial charge on any atom is -0.370 e. The third-order valence-corrected chi connectivity index (χ3v) is 3.81. The number of nitrogens with zero attached hydrogens (tertiary/aromatic N) is 3. The second-order valence-corrected chi connectivity index (χ2v) is 5.99. The van der Waals surface area contributed by atoms with Crippen LogP contribution in [0.2, 0.25) is 0 Å². The molecular weight excluding hydrogens is 298 g/mol. The number of thiazole rings is 1. The summed E-state index contributed by atoms with van der Waals surface area (Å²) in [5.41, 5.74) is 1.14. The first-order chi connectivity index (χ1) is 10.6. The first kappa shape index (κ1) is 16.2. The molecule has 0 fully saturated rings. The standard InChI is InChI=1S/C15H21N5OS/c1-12-4-5-13(19-10-12)16-6-3-7-18-15(21)20(2)11-14-17-8-9-22-14/h4-5,8-10H,3,6-7,11H2,1-2H3,(H,16,19)(H,18,21). The molecule has 2 heterocycles. The summed E-state index contributed by atoms with van der Waals surface area (Å²) in [5, 5.41) is 8.96. The third kappa shape index (κ3) is 5.33. The van der Waals surface area contributed by atoms with Gasteiger partial charge in [0, 0.05) is 37.9 Å². The van der Waals surface area contributed by atoms with Crippen molar-refractivity contribution in [1.82, 2.24) is 20.2 Å². The molecule has 0 aliphatic heterocycles. The lowest BCUT2D eigenvalue weighted by Crippen LogP contribution is -2.37. The van der Waals surface area contributed by atoms with E-state index in [-0.39, 0.29) is 6.03 Å². The van der Waals surface area contributed by atoms with Gasteiger partial charge in [-0.3, -0.25) is 0 Å². The molecule has 0 radical (unpaired) electrons. The Morgan fingerprint density at radius 1 is 1.32 bits per heavy atom. The highest BCUT2D eigenvalue weighted by atomic mass is 32.1. The monoisotopic (exact) mass is 319 g/mol. The first-order valence-electron chi connectivity index (χ1n) is 7.19. The van der Waals surface area contributed by atoms with Gasteiger partial charge in [0.15, 0.2) is 0 Å². The van der Waals surface area contributed by atoms with E-state index in [0.29, 0.717) is 13.1 Å². The SMILES string of the molecule is Cc1ccc(NCCCNC(=O)N(C)Cc2nccs2)nc1. The van der Waals surface area contributed by atoms with E-state index >= 15 is 0 Å². The lowest BCUT2D eigenvalue weighted by Gasteiger charge is -2.16. The fourth-order valence-electron chi connectivity index (χ4n) is 1.81. The minimum atomic E-state index is -0.0799. The predicted octanol–water partition coefficient (Wildman–Crippen LogP) is 2.49. The molecule has 0 spiro atoms. The molecule has 2 aromatic heterocycles. The van der Waals surface area contributed by atoms with Crippen molar-refractivity contribution < 1.29 is 4.79 Å². The molecule has 2 N–H and O–H groups in total. The van der Waals surface area contributed by atoms with Crippen LogP contribution in [0.15, 0.2) is 29.9 Å². The van der Waals surface area contributed by atoms with E-state index in [1.807, 2.05) is 30.6 Å². The van der Waals surface area contributed by atoms with Gasteiger partial charge in [0.05, 0.1) is 6.54 Å². The molecule has 22 heavy (non-hydrogen) atoms. The summed E-state index contributed by atoms with van der Waals surface area (Å²) in [4.78, 5) is 22.0. The van der Waals surface area contributed by atoms with Gasteiger partial charge < -0.3 is 15.5 Å². The number of rotatable bonds is 7.